The van der Waals surface area contributed by atoms with Gasteiger partial charge in [0.1, 0.15) is 11.6 Å². The molecule has 19 heavy (non-hydrogen) atoms. The Hall–Kier alpha value is -1.63. The van der Waals surface area contributed by atoms with E-state index in [1.165, 1.54) is 7.11 Å². The lowest BCUT2D eigenvalue weighted by Crippen LogP contribution is -2.51. The Bertz CT molecular complexity index is 521. The lowest BCUT2D eigenvalue weighted by Gasteiger charge is -2.40. The highest BCUT2D eigenvalue weighted by Gasteiger charge is 2.54. The molecular weight excluding hydrogens is 248 g/mol. The van der Waals surface area contributed by atoms with Crippen molar-refractivity contribution < 1.29 is 19.5 Å². The Morgan fingerprint density at radius 1 is 1.58 bits per heavy atom. The summed E-state index contributed by atoms with van der Waals surface area (Å²) >= 11 is 0. The van der Waals surface area contributed by atoms with Gasteiger partial charge in [0, 0.05) is 19.0 Å². The lowest BCUT2D eigenvalue weighted by molar-refractivity contribution is -0.143. The van der Waals surface area contributed by atoms with Gasteiger partial charge in [0.2, 0.25) is 0 Å². The van der Waals surface area contributed by atoms with E-state index in [9.17, 15) is 9.90 Å². The number of carbonyl (C=O) groups excluding carboxylic acids is 1. The number of carbonyl (C=O) groups is 1. The highest BCUT2D eigenvalue weighted by atomic mass is 16.7. The number of methoxy groups -OCH3 is 1. The zero-order valence-corrected chi connectivity index (χ0v) is 10.8. The van der Waals surface area contributed by atoms with Gasteiger partial charge in [-0.05, 0) is 6.07 Å². The van der Waals surface area contributed by atoms with Crippen molar-refractivity contribution >= 4 is 11.7 Å². The van der Waals surface area contributed by atoms with Gasteiger partial charge < -0.3 is 9.84 Å². The van der Waals surface area contributed by atoms with Gasteiger partial charge in [-0.15, -0.1) is 0 Å². The van der Waals surface area contributed by atoms with Crippen molar-refractivity contribution in [3.8, 4) is 0 Å². The number of anilines is 1. The number of para-hydroxylation sites is 1. The van der Waals surface area contributed by atoms with Crippen LogP contribution in [0.5, 0.6) is 0 Å². The van der Waals surface area contributed by atoms with E-state index in [0.717, 1.165) is 11.3 Å². The van der Waals surface area contributed by atoms with Crippen LogP contribution in [0.15, 0.2) is 24.3 Å². The highest BCUT2D eigenvalue weighted by Crippen LogP contribution is 2.44. The lowest BCUT2D eigenvalue weighted by atomic mass is 9.87. The van der Waals surface area contributed by atoms with E-state index in [-0.39, 0.29) is 6.42 Å². The van der Waals surface area contributed by atoms with E-state index >= 15 is 0 Å². The Labute approximate surface area is 110 Å². The van der Waals surface area contributed by atoms with Gasteiger partial charge in [-0.2, -0.15) is 0 Å². The number of fused-ring (bicyclic) bond motifs is 3. The van der Waals surface area contributed by atoms with E-state index in [2.05, 4.69) is 5.32 Å². The summed E-state index contributed by atoms with van der Waals surface area (Å²) in [6.07, 6.45) is -0.425. The number of rotatable bonds is 1. The molecule has 2 N–H and O–H groups in total. The first kappa shape index (κ1) is 12.4. The van der Waals surface area contributed by atoms with Crippen molar-refractivity contribution in [3.63, 3.8) is 0 Å². The standard InChI is InChI=1S/C13H16N2O4/c1-15-10-6-4-3-5-8(10)13(17)7-9(11(16)18-2)14-12(13)19-15/h3-6,9,12,14,17H,7H2,1-2H3/t9-,12+,13+/m0/s1. The van der Waals surface area contributed by atoms with Crippen LogP contribution >= 0.6 is 0 Å². The number of nitrogens with one attached hydrogen (secondary N) is 1. The summed E-state index contributed by atoms with van der Waals surface area (Å²) < 4.78 is 4.72. The summed E-state index contributed by atoms with van der Waals surface area (Å²) in [5.74, 6) is -0.397. The second-order valence-electron chi connectivity index (χ2n) is 4.87. The molecular formula is C13H16N2O4. The minimum Gasteiger partial charge on any atom is -0.468 e. The number of hydrogen-bond donors (Lipinski definition) is 2. The SMILES string of the molecule is COC(=O)[C@@H]1C[C@@]2(O)c3ccccc3N(C)O[C@H]2N1. The molecule has 1 fully saturated rings. The first-order valence-electron chi connectivity index (χ1n) is 6.12. The molecule has 0 amide bonds. The van der Waals surface area contributed by atoms with Crippen LogP contribution in [0, 0.1) is 0 Å². The Kier molecular flexibility index (Phi) is 2.74. The topological polar surface area (TPSA) is 71.0 Å². The number of hydroxylamine groups is 1. The predicted octanol–water partition coefficient (Wildman–Crippen LogP) is 0.117. The van der Waals surface area contributed by atoms with E-state index in [0.29, 0.717) is 0 Å². The van der Waals surface area contributed by atoms with Gasteiger partial charge >= 0.3 is 5.97 Å². The maximum atomic E-state index is 11.6. The Morgan fingerprint density at radius 3 is 3.05 bits per heavy atom. The van der Waals surface area contributed by atoms with Crippen molar-refractivity contribution in [3.05, 3.63) is 29.8 Å². The van der Waals surface area contributed by atoms with E-state index in [1.54, 1.807) is 12.1 Å². The summed E-state index contributed by atoms with van der Waals surface area (Å²) in [5, 5.41) is 15.4. The summed E-state index contributed by atoms with van der Waals surface area (Å²) in [5.41, 5.74) is 0.336. The molecule has 1 aromatic rings. The first-order valence-corrected chi connectivity index (χ1v) is 6.12. The molecule has 0 aromatic heterocycles. The van der Waals surface area contributed by atoms with Gasteiger partial charge in [0.15, 0.2) is 6.23 Å². The third kappa shape index (κ3) is 1.72. The first-order chi connectivity index (χ1) is 9.06. The third-order valence-electron chi connectivity index (χ3n) is 3.76. The Morgan fingerprint density at radius 2 is 2.32 bits per heavy atom. The molecule has 0 bridgehead atoms. The summed E-state index contributed by atoms with van der Waals surface area (Å²) in [4.78, 5) is 17.3. The van der Waals surface area contributed by atoms with Crippen molar-refractivity contribution in [1.29, 1.82) is 0 Å². The number of hydrogen-bond acceptors (Lipinski definition) is 6. The third-order valence-corrected chi connectivity index (χ3v) is 3.76. The van der Waals surface area contributed by atoms with Crippen molar-refractivity contribution in [2.24, 2.45) is 0 Å². The van der Waals surface area contributed by atoms with Crippen LogP contribution in [-0.4, -0.2) is 37.5 Å². The van der Waals surface area contributed by atoms with Crippen LogP contribution in [-0.2, 0) is 20.0 Å². The normalized spacial score (nSPS) is 32.7. The summed E-state index contributed by atoms with van der Waals surface area (Å²) in [6.45, 7) is 0. The summed E-state index contributed by atoms with van der Waals surface area (Å²) in [7, 11) is 3.10. The van der Waals surface area contributed by atoms with Crippen LogP contribution in [0.4, 0.5) is 5.69 Å². The van der Waals surface area contributed by atoms with Gasteiger partial charge in [0.25, 0.3) is 0 Å². The highest BCUT2D eigenvalue weighted by molar-refractivity contribution is 5.77. The van der Waals surface area contributed by atoms with E-state index < -0.39 is 23.8 Å². The second kappa shape index (κ2) is 4.19. The maximum absolute atomic E-state index is 11.6. The minimum absolute atomic E-state index is 0.231. The minimum atomic E-state index is -1.22. The number of ether oxygens (including phenoxy) is 1. The molecule has 0 aliphatic carbocycles. The summed E-state index contributed by atoms with van der Waals surface area (Å²) in [6, 6.07) is 6.89. The quantitative estimate of drug-likeness (QED) is 0.702. The molecule has 0 unspecified atom stereocenters. The van der Waals surface area contributed by atoms with Crippen LogP contribution in [0.1, 0.15) is 12.0 Å². The molecule has 2 aliphatic rings. The molecule has 6 heteroatoms. The fourth-order valence-electron chi connectivity index (χ4n) is 2.79. The smallest absolute Gasteiger partial charge is 0.323 e. The van der Waals surface area contributed by atoms with Gasteiger partial charge in [-0.3, -0.25) is 20.0 Å². The molecule has 3 rings (SSSR count). The van der Waals surface area contributed by atoms with Crippen LogP contribution < -0.4 is 10.4 Å². The van der Waals surface area contributed by atoms with E-state index in [1.807, 2.05) is 24.3 Å². The predicted molar refractivity (Wildman–Crippen MR) is 67.2 cm³/mol. The largest absolute Gasteiger partial charge is 0.468 e. The number of nitrogens with zero attached hydrogens (tertiary/aromatic N) is 1. The molecule has 0 saturated carbocycles. The van der Waals surface area contributed by atoms with Gasteiger partial charge in [0.05, 0.1) is 12.8 Å². The number of esters is 1. The number of aliphatic hydroxyl groups is 1. The average Bonchev–Trinajstić information content (AvgIpc) is 2.77. The number of benzene rings is 1. The fraction of sp³-hybridized carbons (Fsp3) is 0.462. The molecule has 1 saturated heterocycles. The zero-order chi connectivity index (χ0) is 13.6. The monoisotopic (exact) mass is 264 g/mol. The van der Waals surface area contributed by atoms with Crippen molar-refractivity contribution in [2.45, 2.75) is 24.3 Å². The van der Waals surface area contributed by atoms with Crippen LogP contribution in [0.3, 0.4) is 0 Å². The fourth-order valence-corrected chi connectivity index (χ4v) is 2.79. The molecule has 2 aliphatic heterocycles. The molecule has 0 radical (unpaired) electrons. The maximum Gasteiger partial charge on any atom is 0.323 e. The second-order valence-corrected chi connectivity index (χ2v) is 4.87. The van der Waals surface area contributed by atoms with Crippen molar-refractivity contribution in [1.82, 2.24) is 5.32 Å². The Balaban J connectivity index is 2.01. The molecule has 102 valence electrons. The average molecular weight is 264 g/mol. The zero-order valence-electron chi connectivity index (χ0n) is 10.8. The van der Waals surface area contributed by atoms with Crippen molar-refractivity contribution in [2.75, 3.05) is 19.2 Å². The van der Waals surface area contributed by atoms with Crippen LogP contribution in [0.25, 0.3) is 0 Å². The van der Waals surface area contributed by atoms with E-state index in [4.69, 9.17) is 9.57 Å². The molecule has 0 spiro atoms. The van der Waals surface area contributed by atoms with Crippen LogP contribution in [0.2, 0.25) is 0 Å². The van der Waals surface area contributed by atoms with Gasteiger partial charge in [-0.1, -0.05) is 18.2 Å². The molecule has 6 nitrogen and oxygen atoms in total. The molecule has 3 atom stereocenters. The molecule has 2 heterocycles. The van der Waals surface area contributed by atoms with Gasteiger partial charge in [-0.25, -0.2) is 0 Å². The molecule has 1 aromatic carbocycles.